The molecule has 1 heterocycles. The zero-order chi connectivity index (χ0) is 9.19. The van der Waals surface area contributed by atoms with Gasteiger partial charge < -0.3 is 0 Å². The predicted octanol–water partition coefficient (Wildman–Crippen LogP) is 1.79. The first-order valence-corrected chi connectivity index (χ1v) is 3.50. The van der Waals surface area contributed by atoms with Crippen LogP contribution in [0.1, 0.15) is 6.92 Å². The fraction of sp³-hybridized carbons (Fsp3) is 0.571. The lowest BCUT2D eigenvalue weighted by atomic mass is 10.3. The third kappa shape index (κ3) is 1.60. The maximum Gasteiger partial charge on any atom is 0.357 e. The molecule has 0 aliphatic carbocycles. The van der Waals surface area contributed by atoms with E-state index in [2.05, 4.69) is 4.99 Å². The average Bonchev–Trinajstić information content (AvgIpc) is 2.06. The molecule has 1 aliphatic heterocycles. The summed E-state index contributed by atoms with van der Waals surface area (Å²) in [5, 5.41) is 0. The first-order valence-electron chi connectivity index (χ1n) is 3.50. The Morgan fingerprint density at radius 1 is 1.58 bits per heavy atom. The van der Waals surface area contributed by atoms with E-state index in [0.29, 0.717) is 4.90 Å². The molecule has 1 aliphatic rings. The summed E-state index contributed by atoms with van der Waals surface area (Å²) in [5.74, 6) is 0. The van der Waals surface area contributed by atoms with Gasteiger partial charge in [-0.1, -0.05) is 0 Å². The Labute approximate surface area is 68.4 Å². The summed E-state index contributed by atoms with van der Waals surface area (Å²) >= 11 is 0. The molecule has 1 unspecified atom stereocenters. The summed E-state index contributed by atoms with van der Waals surface area (Å²) in [5.41, 5.74) is 0. The SMILES string of the molecule is CC(F)C(F)(F)N1C=CC=NC1. The quantitative estimate of drug-likeness (QED) is 0.588. The minimum Gasteiger partial charge on any atom is -0.298 e. The van der Waals surface area contributed by atoms with E-state index in [-0.39, 0.29) is 6.67 Å². The second-order valence-corrected chi connectivity index (χ2v) is 2.49. The Kier molecular flexibility index (Phi) is 2.40. The van der Waals surface area contributed by atoms with Gasteiger partial charge in [-0.2, -0.15) is 8.78 Å². The molecule has 0 saturated heterocycles. The number of hydrogen-bond acceptors (Lipinski definition) is 2. The summed E-state index contributed by atoms with van der Waals surface area (Å²) in [4.78, 5) is 4.14. The highest BCUT2D eigenvalue weighted by Gasteiger charge is 2.42. The predicted molar refractivity (Wildman–Crippen MR) is 39.9 cm³/mol. The molecule has 0 radical (unpaired) electrons. The van der Waals surface area contributed by atoms with Crippen molar-refractivity contribution in [3.63, 3.8) is 0 Å². The van der Waals surface area contributed by atoms with Crippen LogP contribution in [0.15, 0.2) is 17.3 Å². The van der Waals surface area contributed by atoms with E-state index < -0.39 is 12.2 Å². The van der Waals surface area contributed by atoms with Crippen molar-refractivity contribution >= 4 is 6.21 Å². The number of hydrogen-bond donors (Lipinski definition) is 0. The van der Waals surface area contributed by atoms with Crippen LogP contribution in [0.5, 0.6) is 0 Å². The second-order valence-electron chi connectivity index (χ2n) is 2.49. The molecule has 12 heavy (non-hydrogen) atoms. The maximum atomic E-state index is 12.9. The van der Waals surface area contributed by atoms with Crippen LogP contribution >= 0.6 is 0 Å². The van der Waals surface area contributed by atoms with Gasteiger partial charge >= 0.3 is 6.05 Å². The topological polar surface area (TPSA) is 15.6 Å². The van der Waals surface area contributed by atoms with E-state index in [9.17, 15) is 13.2 Å². The molecule has 0 aromatic rings. The van der Waals surface area contributed by atoms with E-state index in [1.165, 1.54) is 12.3 Å². The summed E-state index contributed by atoms with van der Waals surface area (Å²) in [6, 6.07) is -3.46. The van der Waals surface area contributed by atoms with Crippen molar-refractivity contribution in [3.8, 4) is 0 Å². The van der Waals surface area contributed by atoms with Gasteiger partial charge in [0.25, 0.3) is 0 Å². The normalized spacial score (nSPS) is 19.8. The van der Waals surface area contributed by atoms with Gasteiger partial charge in [0.1, 0.15) is 6.67 Å². The fourth-order valence-corrected chi connectivity index (χ4v) is 0.808. The Balaban J connectivity index is 2.69. The second kappa shape index (κ2) is 3.16. The van der Waals surface area contributed by atoms with Crippen molar-refractivity contribution in [2.24, 2.45) is 4.99 Å². The van der Waals surface area contributed by atoms with Gasteiger partial charge in [0.05, 0.1) is 0 Å². The Morgan fingerprint density at radius 2 is 2.25 bits per heavy atom. The first-order chi connectivity index (χ1) is 5.55. The molecule has 1 rings (SSSR count). The highest BCUT2D eigenvalue weighted by Crippen LogP contribution is 2.26. The Morgan fingerprint density at radius 3 is 2.67 bits per heavy atom. The third-order valence-corrected chi connectivity index (χ3v) is 1.55. The van der Waals surface area contributed by atoms with Crippen LogP contribution in [0.4, 0.5) is 13.2 Å². The zero-order valence-electron chi connectivity index (χ0n) is 6.54. The lowest BCUT2D eigenvalue weighted by Crippen LogP contribution is -2.45. The molecule has 5 heteroatoms. The molecule has 0 amide bonds. The van der Waals surface area contributed by atoms with Crippen LogP contribution in [0.2, 0.25) is 0 Å². The van der Waals surface area contributed by atoms with E-state index in [4.69, 9.17) is 0 Å². The van der Waals surface area contributed by atoms with Crippen molar-refractivity contribution in [1.82, 2.24) is 4.90 Å². The van der Waals surface area contributed by atoms with Crippen LogP contribution < -0.4 is 0 Å². The lowest BCUT2D eigenvalue weighted by molar-refractivity contribution is -0.166. The maximum absolute atomic E-state index is 12.9. The van der Waals surface area contributed by atoms with Gasteiger partial charge in [-0.3, -0.25) is 9.89 Å². The number of allylic oxidation sites excluding steroid dienone is 1. The van der Waals surface area contributed by atoms with Crippen molar-refractivity contribution in [2.75, 3.05) is 6.67 Å². The number of rotatable bonds is 2. The summed E-state index contributed by atoms with van der Waals surface area (Å²) < 4.78 is 38.1. The first kappa shape index (κ1) is 9.09. The van der Waals surface area contributed by atoms with Gasteiger partial charge in [0.15, 0.2) is 6.17 Å². The fourth-order valence-electron chi connectivity index (χ4n) is 0.808. The summed E-state index contributed by atoms with van der Waals surface area (Å²) in [6.07, 6.45) is 1.67. The van der Waals surface area contributed by atoms with Gasteiger partial charge in [-0.15, -0.1) is 0 Å². The standard InChI is InChI=1S/C7H9F3N2/c1-6(8)7(9,10)12-4-2-3-11-5-12/h2-4,6H,5H2,1H3. The van der Waals surface area contributed by atoms with Gasteiger partial charge in [-0.05, 0) is 13.0 Å². The lowest BCUT2D eigenvalue weighted by Gasteiger charge is -2.30. The number of halogens is 3. The van der Waals surface area contributed by atoms with E-state index in [1.807, 2.05) is 0 Å². The highest BCUT2D eigenvalue weighted by molar-refractivity contribution is 5.71. The number of alkyl halides is 3. The molecule has 0 fully saturated rings. The summed E-state index contributed by atoms with van der Waals surface area (Å²) in [6.45, 7) is 0.629. The smallest absolute Gasteiger partial charge is 0.298 e. The summed E-state index contributed by atoms with van der Waals surface area (Å²) in [7, 11) is 0. The number of nitrogens with zero attached hydrogens (tertiary/aromatic N) is 2. The molecule has 0 aromatic carbocycles. The minimum absolute atomic E-state index is 0.197. The van der Waals surface area contributed by atoms with Crippen LogP contribution in [0.3, 0.4) is 0 Å². The van der Waals surface area contributed by atoms with Crippen molar-refractivity contribution in [1.29, 1.82) is 0 Å². The third-order valence-electron chi connectivity index (χ3n) is 1.55. The van der Waals surface area contributed by atoms with Crippen molar-refractivity contribution in [3.05, 3.63) is 12.3 Å². The number of aliphatic imine (C=N–C) groups is 1. The van der Waals surface area contributed by atoms with Crippen LogP contribution in [-0.2, 0) is 0 Å². The van der Waals surface area contributed by atoms with E-state index >= 15 is 0 Å². The van der Waals surface area contributed by atoms with Gasteiger partial charge in [0, 0.05) is 12.4 Å². The Bertz CT molecular complexity index is 211. The molecule has 2 nitrogen and oxygen atoms in total. The molecule has 0 bridgehead atoms. The molecule has 0 N–H and O–H groups in total. The van der Waals surface area contributed by atoms with Gasteiger partial charge in [-0.25, -0.2) is 4.39 Å². The van der Waals surface area contributed by atoms with E-state index in [0.717, 1.165) is 13.1 Å². The van der Waals surface area contributed by atoms with Crippen LogP contribution in [-0.4, -0.2) is 30.0 Å². The molecule has 0 aromatic heterocycles. The molecule has 0 spiro atoms. The highest BCUT2D eigenvalue weighted by atomic mass is 19.3. The average molecular weight is 178 g/mol. The van der Waals surface area contributed by atoms with Crippen LogP contribution in [0, 0.1) is 0 Å². The zero-order valence-corrected chi connectivity index (χ0v) is 6.54. The van der Waals surface area contributed by atoms with Crippen LogP contribution in [0.25, 0.3) is 0 Å². The largest absolute Gasteiger partial charge is 0.357 e. The Hall–Kier alpha value is -1.00. The molecular formula is C7H9F3N2. The minimum atomic E-state index is -3.46. The monoisotopic (exact) mass is 178 g/mol. The van der Waals surface area contributed by atoms with E-state index in [1.54, 1.807) is 0 Å². The molecular weight excluding hydrogens is 169 g/mol. The molecule has 68 valence electrons. The van der Waals surface area contributed by atoms with Gasteiger partial charge in [0.2, 0.25) is 0 Å². The molecule has 0 saturated carbocycles. The molecule has 1 atom stereocenters. The van der Waals surface area contributed by atoms with Crippen molar-refractivity contribution in [2.45, 2.75) is 19.1 Å². The van der Waals surface area contributed by atoms with Crippen molar-refractivity contribution < 1.29 is 13.2 Å².